The van der Waals surface area contributed by atoms with E-state index in [0.29, 0.717) is 40.0 Å². The molecule has 0 saturated carbocycles. The molecule has 144 valence electrons. The summed E-state index contributed by atoms with van der Waals surface area (Å²) in [6, 6.07) is 9.89. The lowest BCUT2D eigenvalue weighted by molar-refractivity contribution is -0.115. The first-order valence-corrected chi connectivity index (χ1v) is 8.50. The molecule has 0 saturated heterocycles. The van der Waals surface area contributed by atoms with Crippen molar-refractivity contribution in [3.05, 3.63) is 47.0 Å². The number of hydrogen-bond acceptors (Lipinski definition) is 6. The Morgan fingerprint density at radius 2 is 1.78 bits per heavy atom. The molecular formula is C19H21ClN2O5. The van der Waals surface area contributed by atoms with Crippen molar-refractivity contribution in [2.45, 2.75) is 6.42 Å². The van der Waals surface area contributed by atoms with Crippen molar-refractivity contribution in [3.63, 3.8) is 0 Å². The van der Waals surface area contributed by atoms with Crippen LogP contribution in [0.4, 0.5) is 11.4 Å². The van der Waals surface area contributed by atoms with Gasteiger partial charge in [0.05, 0.1) is 37.6 Å². The number of esters is 1. The molecule has 2 N–H and O–H groups in total. The maximum atomic E-state index is 12.1. The second-order valence-electron chi connectivity index (χ2n) is 5.48. The Labute approximate surface area is 162 Å². The maximum Gasteiger partial charge on any atom is 0.337 e. The molecule has 2 aromatic carbocycles. The Kier molecular flexibility index (Phi) is 7.31. The summed E-state index contributed by atoms with van der Waals surface area (Å²) >= 11 is 6.07. The Hall–Kier alpha value is -2.93. The van der Waals surface area contributed by atoms with Gasteiger partial charge in [0.2, 0.25) is 5.91 Å². The van der Waals surface area contributed by atoms with Crippen LogP contribution in [0.15, 0.2) is 36.4 Å². The van der Waals surface area contributed by atoms with Crippen molar-refractivity contribution in [2.75, 3.05) is 38.5 Å². The van der Waals surface area contributed by atoms with Gasteiger partial charge in [-0.3, -0.25) is 4.79 Å². The number of carbonyl (C=O) groups is 2. The van der Waals surface area contributed by atoms with E-state index in [0.717, 1.165) is 0 Å². The van der Waals surface area contributed by atoms with Crippen molar-refractivity contribution >= 4 is 34.9 Å². The van der Waals surface area contributed by atoms with E-state index in [4.69, 9.17) is 21.1 Å². The molecule has 0 aliphatic carbocycles. The van der Waals surface area contributed by atoms with Gasteiger partial charge in [0.15, 0.2) is 0 Å². The quantitative estimate of drug-likeness (QED) is 0.668. The standard InChI is InChI=1S/C19H21ClN2O5/c1-25-16-11-15(17(26-2)10-14(16)20)21-8-7-18(23)22-13-6-4-5-12(9-13)19(24)27-3/h4-6,9-11,21H,7-8H2,1-3H3,(H,22,23). The topological polar surface area (TPSA) is 85.9 Å². The number of halogens is 1. The van der Waals surface area contributed by atoms with E-state index in [9.17, 15) is 9.59 Å². The number of amides is 1. The first kappa shape index (κ1) is 20.4. The molecule has 0 atom stereocenters. The van der Waals surface area contributed by atoms with Gasteiger partial charge in [0, 0.05) is 30.8 Å². The van der Waals surface area contributed by atoms with Crippen LogP contribution in [0, 0.1) is 0 Å². The van der Waals surface area contributed by atoms with Crippen molar-refractivity contribution in [3.8, 4) is 11.5 Å². The van der Waals surface area contributed by atoms with Crippen LogP contribution < -0.4 is 20.1 Å². The lowest BCUT2D eigenvalue weighted by Crippen LogP contribution is -2.16. The smallest absolute Gasteiger partial charge is 0.337 e. The van der Waals surface area contributed by atoms with E-state index in [-0.39, 0.29) is 12.3 Å². The molecule has 0 unspecified atom stereocenters. The minimum atomic E-state index is -0.462. The highest BCUT2D eigenvalue weighted by molar-refractivity contribution is 6.32. The highest BCUT2D eigenvalue weighted by Crippen LogP contribution is 2.35. The lowest BCUT2D eigenvalue weighted by atomic mass is 10.2. The van der Waals surface area contributed by atoms with Gasteiger partial charge in [-0.15, -0.1) is 0 Å². The summed E-state index contributed by atoms with van der Waals surface area (Å²) in [5.74, 6) is 0.386. The zero-order chi connectivity index (χ0) is 19.8. The SMILES string of the molecule is COC(=O)c1cccc(NC(=O)CCNc2cc(OC)c(Cl)cc2OC)c1. The van der Waals surface area contributed by atoms with E-state index in [2.05, 4.69) is 15.4 Å². The fourth-order valence-corrected chi connectivity index (χ4v) is 2.61. The third kappa shape index (κ3) is 5.52. The molecule has 7 nitrogen and oxygen atoms in total. The van der Waals surface area contributed by atoms with E-state index in [1.165, 1.54) is 21.3 Å². The van der Waals surface area contributed by atoms with Crippen LogP contribution in [0.2, 0.25) is 5.02 Å². The molecule has 0 aromatic heterocycles. The first-order chi connectivity index (χ1) is 13.0. The second-order valence-corrected chi connectivity index (χ2v) is 5.89. The first-order valence-electron chi connectivity index (χ1n) is 8.12. The molecule has 0 radical (unpaired) electrons. The zero-order valence-electron chi connectivity index (χ0n) is 15.3. The van der Waals surface area contributed by atoms with Crippen LogP contribution >= 0.6 is 11.6 Å². The fraction of sp³-hybridized carbons (Fsp3) is 0.263. The molecule has 0 fully saturated rings. The fourth-order valence-electron chi connectivity index (χ4n) is 2.37. The van der Waals surface area contributed by atoms with Gasteiger partial charge < -0.3 is 24.8 Å². The number of benzene rings is 2. The van der Waals surface area contributed by atoms with Crippen molar-refractivity contribution < 1.29 is 23.8 Å². The minimum absolute atomic E-state index is 0.204. The summed E-state index contributed by atoms with van der Waals surface area (Å²) in [5, 5.41) is 6.30. The molecule has 2 rings (SSSR count). The number of carbonyl (C=O) groups excluding carboxylic acids is 2. The van der Waals surface area contributed by atoms with Gasteiger partial charge in [0.1, 0.15) is 11.5 Å². The van der Waals surface area contributed by atoms with Crippen molar-refractivity contribution in [1.29, 1.82) is 0 Å². The summed E-state index contributed by atoms with van der Waals surface area (Å²) in [6.45, 7) is 0.365. The number of rotatable bonds is 8. The highest BCUT2D eigenvalue weighted by Gasteiger charge is 2.11. The van der Waals surface area contributed by atoms with Crippen LogP contribution in [0.25, 0.3) is 0 Å². The average molecular weight is 393 g/mol. The second kappa shape index (κ2) is 9.68. The molecular weight excluding hydrogens is 372 g/mol. The predicted octanol–water partition coefficient (Wildman–Crippen LogP) is 3.58. The van der Waals surface area contributed by atoms with Gasteiger partial charge in [-0.1, -0.05) is 17.7 Å². The van der Waals surface area contributed by atoms with E-state index >= 15 is 0 Å². The van der Waals surface area contributed by atoms with Crippen LogP contribution in [0.5, 0.6) is 11.5 Å². The molecule has 8 heteroatoms. The highest BCUT2D eigenvalue weighted by atomic mass is 35.5. The normalized spacial score (nSPS) is 10.1. The molecule has 0 aliphatic heterocycles. The number of hydrogen-bond donors (Lipinski definition) is 2. The number of ether oxygens (including phenoxy) is 3. The number of methoxy groups -OCH3 is 3. The van der Waals surface area contributed by atoms with Gasteiger partial charge in [-0.05, 0) is 18.2 Å². The Bertz CT molecular complexity index is 826. The van der Waals surface area contributed by atoms with Crippen LogP contribution in [-0.2, 0) is 9.53 Å². The molecule has 27 heavy (non-hydrogen) atoms. The molecule has 0 bridgehead atoms. The molecule has 0 spiro atoms. The predicted molar refractivity (Wildman–Crippen MR) is 104 cm³/mol. The lowest BCUT2D eigenvalue weighted by Gasteiger charge is -2.14. The van der Waals surface area contributed by atoms with Crippen LogP contribution in [-0.4, -0.2) is 39.8 Å². The summed E-state index contributed by atoms with van der Waals surface area (Å²) in [4.78, 5) is 23.7. The van der Waals surface area contributed by atoms with Crippen LogP contribution in [0.3, 0.4) is 0 Å². The maximum absolute atomic E-state index is 12.1. The third-order valence-corrected chi connectivity index (χ3v) is 4.00. The third-order valence-electron chi connectivity index (χ3n) is 3.71. The van der Waals surface area contributed by atoms with E-state index in [1.807, 2.05) is 0 Å². The Morgan fingerprint density at radius 1 is 1.04 bits per heavy atom. The van der Waals surface area contributed by atoms with Gasteiger partial charge in [-0.2, -0.15) is 0 Å². The van der Waals surface area contributed by atoms with Crippen molar-refractivity contribution in [1.82, 2.24) is 0 Å². The molecule has 2 aromatic rings. The van der Waals surface area contributed by atoms with Gasteiger partial charge in [-0.25, -0.2) is 4.79 Å². The molecule has 0 aliphatic rings. The number of anilines is 2. The zero-order valence-corrected chi connectivity index (χ0v) is 16.1. The van der Waals surface area contributed by atoms with Crippen LogP contribution in [0.1, 0.15) is 16.8 Å². The monoisotopic (exact) mass is 392 g/mol. The average Bonchev–Trinajstić information content (AvgIpc) is 2.68. The van der Waals surface area contributed by atoms with Gasteiger partial charge >= 0.3 is 5.97 Å². The minimum Gasteiger partial charge on any atom is -0.495 e. The Morgan fingerprint density at radius 3 is 2.44 bits per heavy atom. The van der Waals surface area contributed by atoms with Gasteiger partial charge in [0.25, 0.3) is 0 Å². The molecule has 0 heterocycles. The molecule has 1 amide bonds. The van der Waals surface area contributed by atoms with E-state index < -0.39 is 5.97 Å². The largest absolute Gasteiger partial charge is 0.495 e. The number of nitrogens with one attached hydrogen (secondary N) is 2. The summed E-state index contributed by atoms with van der Waals surface area (Å²) in [5.41, 5.74) is 1.55. The summed E-state index contributed by atoms with van der Waals surface area (Å²) in [7, 11) is 4.36. The summed E-state index contributed by atoms with van der Waals surface area (Å²) in [6.07, 6.45) is 0.205. The Balaban J connectivity index is 1.94. The van der Waals surface area contributed by atoms with E-state index in [1.54, 1.807) is 36.4 Å². The van der Waals surface area contributed by atoms with Crippen molar-refractivity contribution in [2.24, 2.45) is 0 Å². The summed E-state index contributed by atoms with van der Waals surface area (Å²) < 4.78 is 15.1.